The lowest BCUT2D eigenvalue weighted by Crippen LogP contribution is -2.44. The van der Waals surface area contributed by atoms with Crippen LogP contribution in [0.3, 0.4) is 0 Å². The third-order valence-electron chi connectivity index (χ3n) is 3.29. The second kappa shape index (κ2) is 5.91. The molecule has 0 radical (unpaired) electrons. The third kappa shape index (κ3) is 3.04. The van der Waals surface area contributed by atoms with Gasteiger partial charge in [0, 0.05) is 18.6 Å². The van der Waals surface area contributed by atoms with E-state index in [-0.39, 0.29) is 11.9 Å². The van der Waals surface area contributed by atoms with Crippen LogP contribution in [0, 0.1) is 0 Å². The lowest BCUT2D eigenvalue weighted by molar-refractivity contribution is 0.0688. The number of nitrogens with zero attached hydrogens (tertiary/aromatic N) is 3. The molecule has 1 fully saturated rings. The molecule has 0 aromatic carbocycles. The zero-order valence-corrected chi connectivity index (χ0v) is 11.0. The van der Waals surface area contributed by atoms with Gasteiger partial charge >= 0.3 is 0 Å². The van der Waals surface area contributed by atoms with Crippen LogP contribution in [0.4, 0.5) is 0 Å². The summed E-state index contributed by atoms with van der Waals surface area (Å²) in [5, 5.41) is 10.9. The SMILES string of the molecule is CC(C)N(CC1CCCN1)C(=O)c1ccnnc1. The molecule has 5 heteroatoms. The van der Waals surface area contributed by atoms with Gasteiger partial charge in [0.25, 0.3) is 5.91 Å². The predicted molar refractivity (Wildman–Crippen MR) is 69.2 cm³/mol. The maximum atomic E-state index is 12.4. The van der Waals surface area contributed by atoms with Crippen molar-refractivity contribution in [2.45, 2.75) is 38.8 Å². The molecule has 1 amide bonds. The fraction of sp³-hybridized carbons (Fsp3) is 0.615. The van der Waals surface area contributed by atoms with Crippen molar-refractivity contribution in [1.29, 1.82) is 0 Å². The van der Waals surface area contributed by atoms with E-state index in [1.807, 2.05) is 18.7 Å². The van der Waals surface area contributed by atoms with Crippen LogP contribution in [0.2, 0.25) is 0 Å². The molecule has 18 heavy (non-hydrogen) atoms. The van der Waals surface area contributed by atoms with Gasteiger partial charge in [0.1, 0.15) is 0 Å². The van der Waals surface area contributed by atoms with E-state index < -0.39 is 0 Å². The molecule has 0 spiro atoms. The highest BCUT2D eigenvalue weighted by molar-refractivity contribution is 5.94. The van der Waals surface area contributed by atoms with Gasteiger partial charge in [-0.3, -0.25) is 4.79 Å². The quantitative estimate of drug-likeness (QED) is 0.866. The summed E-state index contributed by atoms with van der Waals surface area (Å²) in [6, 6.07) is 2.33. The molecule has 0 bridgehead atoms. The molecule has 98 valence electrons. The number of nitrogens with one attached hydrogen (secondary N) is 1. The van der Waals surface area contributed by atoms with Crippen LogP contribution in [-0.2, 0) is 0 Å². The van der Waals surface area contributed by atoms with Gasteiger partial charge in [0.05, 0.1) is 18.0 Å². The Kier molecular flexibility index (Phi) is 4.25. The van der Waals surface area contributed by atoms with Gasteiger partial charge < -0.3 is 10.2 Å². The number of amides is 1. The van der Waals surface area contributed by atoms with Gasteiger partial charge in [-0.25, -0.2) is 0 Å². The van der Waals surface area contributed by atoms with Crippen molar-refractivity contribution in [3.8, 4) is 0 Å². The van der Waals surface area contributed by atoms with Crippen LogP contribution in [0.25, 0.3) is 0 Å². The standard InChI is InChI=1S/C13H20N4O/c1-10(2)17(9-12-4-3-6-14-12)13(18)11-5-7-15-16-8-11/h5,7-8,10,12,14H,3-4,6,9H2,1-2H3. The van der Waals surface area contributed by atoms with E-state index in [0.29, 0.717) is 11.6 Å². The Morgan fingerprint density at radius 1 is 1.56 bits per heavy atom. The number of aromatic nitrogens is 2. The van der Waals surface area contributed by atoms with Gasteiger partial charge in [0.15, 0.2) is 0 Å². The molecule has 1 aliphatic rings. The normalized spacial score (nSPS) is 19.2. The summed E-state index contributed by atoms with van der Waals surface area (Å²) in [6.45, 7) is 5.91. The van der Waals surface area contributed by atoms with Crippen LogP contribution < -0.4 is 5.32 Å². The lowest BCUT2D eigenvalue weighted by atomic mass is 10.1. The van der Waals surface area contributed by atoms with Crippen LogP contribution in [0.15, 0.2) is 18.5 Å². The molecule has 5 nitrogen and oxygen atoms in total. The Balaban J connectivity index is 2.07. The van der Waals surface area contributed by atoms with Crippen LogP contribution in [-0.4, -0.2) is 46.2 Å². The summed E-state index contributed by atoms with van der Waals surface area (Å²) in [4.78, 5) is 14.3. The fourth-order valence-corrected chi connectivity index (χ4v) is 2.26. The molecule has 1 aromatic heterocycles. The highest BCUT2D eigenvalue weighted by atomic mass is 16.2. The number of carbonyl (C=O) groups is 1. The summed E-state index contributed by atoms with van der Waals surface area (Å²) in [5.41, 5.74) is 0.608. The Labute approximate surface area is 108 Å². The fourth-order valence-electron chi connectivity index (χ4n) is 2.26. The van der Waals surface area contributed by atoms with Crippen LogP contribution >= 0.6 is 0 Å². The van der Waals surface area contributed by atoms with Gasteiger partial charge in [-0.05, 0) is 39.3 Å². The molecule has 1 N–H and O–H groups in total. The number of hydrogen-bond acceptors (Lipinski definition) is 4. The zero-order valence-electron chi connectivity index (χ0n) is 11.0. The first-order valence-electron chi connectivity index (χ1n) is 6.49. The summed E-state index contributed by atoms with van der Waals surface area (Å²) in [5.74, 6) is 0.0357. The molecule has 1 aliphatic heterocycles. The molecule has 1 aromatic rings. The molecule has 0 aliphatic carbocycles. The topological polar surface area (TPSA) is 58.1 Å². The van der Waals surface area contributed by atoms with Crippen molar-refractivity contribution in [2.24, 2.45) is 0 Å². The molecule has 2 rings (SSSR count). The van der Waals surface area contributed by atoms with Gasteiger partial charge in [-0.1, -0.05) is 0 Å². The Hall–Kier alpha value is -1.49. The number of rotatable bonds is 4. The monoisotopic (exact) mass is 248 g/mol. The minimum absolute atomic E-state index is 0.0357. The average Bonchev–Trinajstić information content (AvgIpc) is 2.89. The third-order valence-corrected chi connectivity index (χ3v) is 3.29. The van der Waals surface area contributed by atoms with Gasteiger partial charge in [0.2, 0.25) is 0 Å². The smallest absolute Gasteiger partial charge is 0.255 e. The molecule has 1 saturated heterocycles. The minimum Gasteiger partial charge on any atom is -0.335 e. The van der Waals surface area contributed by atoms with Crippen molar-refractivity contribution < 1.29 is 4.79 Å². The van der Waals surface area contributed by atoms with Gasteiger partial charge in [-0.2, -0.15) is 10.2 Å². The van der Waals surface area contributed by atoms with Crippen LogP contribution in [0.5, 0.6) is 0 Å². The molecule has 0 saturated carbocycles. The van der Waals surface area contributed by atoms with E-state index in [4.69, 9.17) is 0 Å². The highest BCUT2D eigenvalue weighted by Crippen LogP contribution is 2.12. The van der Waals surface area contributed by atoms with E-state index >= 15 is 0 Å². The second-order valence-electron chi connectivity index (χ2n) is 4.98. The molecule has 1 atom stereocenters. The van der Waals surface area contributed by atoms with E-state index in [2.05, 4.69) is 15.5 Å². The summed E-state index contributed by atoms with van der Waals surface area (Å²) < 4.78 is 0. The predicted octanol–water partition coefficient (Wildman–Crippen LogP) is 1.08. The van der Waals surface area contributed by atoms with Crippen LogP contribution in [0.1, 0.15) is 37.0 Å². The lowest BCUT2D eigenvalue weighted by Gasteiger charge is -2.29. The molecule has 2 heterocycles. The average molecular weight is 248 g/mol. The molecule has 1 unspecified atom stereocenters. The summed E-state index contributed by atoms with van der Waals surface area (Å²) >= 11 is 0. The highest BCUT2D eigenvalue weighted by Gasteiger charge is 2.24. The van der Waals surface area contributed by atoms with Crippen molar-refractivity contribution in [3.63, 3.8) is 0 Å². The Bertz CT molecular complexity index is 387. The Morgan fingerprint density at radius 2 is 2.39 bits per heavy atom. The Morgan fingerprint density at radius 3 is 2.94 bits per heavy atom. The second-order valence-corrected chi connectivity index (χ2v) is 4.98. The summed E-state index contributed by atoms with van der Waals surface area (Å²) in [6.07, 6.45) is 5.42. The number of hydrogen-bond donors (Lipinski definition) is 1. The first-order chi connectivity index (χ1) is 8.68. The van der Waals surface area contributed by atoms with E-state index in [1.165, 1.54) is 12.6 Å². The minimum atomic E-state index is 0.0357. The van der Waals surface area contributed by atoms with E-state index in [0.717, 1.165) is 19.5 Å². The first-order valence-corrected chi connectivity index (χ1v) is 6.49. The van der Waals surface area contributed by atoms with E-state index in [9.17, 15) is 4.79 Å². The summed E-state index contributed by atoms with van der Waals surface area (Å²) in [7, 11) is 0. The maximum Gasteiger partial charge on any atom is 0.255 e. The van der Waals surface area contributed by atoms with Crippen molar-refractivity contribution >= 4 is 5.91 Å². The first kappa shape index (κ1) is 13.0. The largest absolute Gasteiger partial charge is 0.335 e. The number of carbonyl (C=O) groups excluding carboxylic acids is 1. The zero-order chi connectivity index (χ0) is 13.0. The van der Waals surface area contributed by atoms with Gasteiger partial charge in [-0.15, -0.1) is 0 Å². The van der Waals surface area contributed by atoms with Crippen molar-refractivity contribution in [3.05, 3.63) is 24.0 Å². The van der Waals surface area contributed by atoms with Crippen molar-refractivity contribution in [2.75, 3.05) is 13.1 Å². The molecular formula is C13H20N4O. The van der Waals surface area contributed by atoms with E-state index in [1.54, 1.807) is 12.3 Å². The van der Waals surface area contributed by atoms with Crippen molar-refractivity contribution in [1.82, 2.24) is 20.4 Å². The molecular weight excluding hydrogens is 228 g/mol. The maximum absolute atomic E-state index is 12.4.